The summed E-state index contributed by atoms with van der Waals surface area (Å²) in [5.41, 5.74) is 8.14. The maximum absolute atomic E-state index is 11.4. The van der Waals surface area contributed by atoms with E-state index in [4.69, 9.17) is 10.3 Å². The Morgan fingerprint density at radius 1 is 1.44 bits per heavy atom. The molecule has 0 atom stereocenters. The number of carbonyl (C=O) groups is 1. The van der Waals surface area contributed by atoms with E-state index in [1.165, 1.54) is 0 Å². The molecule has 0 spiro atoms. The van der Waals surface area contributed by atoms with Gasteiger partial charge in [-0.1, -0.05) is 5.11 Å². The first-order chi connectivity index (χ1) is 7.77. The monoisotopic (exact) mass is 227 g/mol. The third kappa shape index (κ3) is 3.96. The Morgan fingerprint density at radius 2 is 2.12 bits per heavy atom. The highest BCUT2D eigenvalue weighted by atomic mass is 16.6. The molecule has 0 aromatic heterocycles. The van der Waals surface area contributed by atoms with Gasteiger partial charge in [0.05, 0.1) is 6.61 Å². The zero-order valence-electron chi connectivity index (χ0n) is 9.50. The number of piperazine rings is 1. The number of nitrogens with zero attached hydrogens (tertiary/aromatic N) is 5. The quantitative estimate of drug-likeness (QED) is 0.409. The molecule has 1 saturated heterocycles. The molecule has 90 valence electrons. The molecule has 7 heteroatoms. The second-order valence-corrected chi connectivity index (χ2v) is 3.48. The summed E-state index contributed by atoms with van der Waals surface area (Å²) in [6.07, 6.45) is -0.239. The summed E-state index contributed by atoms with van der Waals surface area (Å²) in [5.74, 6) is 0. The van der Waals surface area contributed by atoms with E-state index < -0.39 is 0 Å². The van der Waals surface area contributed by atoms with Gasteiger partial charge in [-0.15, -0.1) is 0 Å². The summed E-state index contributed by atoms with van der Waals surface area (Å²) in [5, 5.41) is 3.48. The van der Waals surface area contributed by atoms with E-state index in [-0.39, 0.29) is 6.09 Å². The second kappa shape index (κ2) is 6.92. The molecule has 0 saturated carbocycles. The topological polar surface area (TPSA) is 81.5 Å². The lowest BCUT2D eigenvalue weighted by atomic mass is 10.3. The Kier molecular flexibility index (Phi) is 5.45. The van der Waals surface area contributed by atoms with Crippen LogP contribution in [0, 0.1) is 0 Å². The van der Waals surface area contributed by atoms with E-state index in [2.05, 4.69) is 14.9 Å². The van der Waals surface area contributed by atoms with Crippen molar-refractivity contribution in [1.82, 2.24) is 9.80 Å². The summed E-state index contributed by atoms with van der Waals surface area (Å²) in [7, 11) is 0. The minimum Gasteiger partial charge on any atom is -0.450 e. The zero-order valence-corrected chi connectivity index (χ0v) is 9.50. The van der Waals surface area contributed by atoms with Crippen molar-refractivity contribution in [2.24, 2.45) is 5.11 Å². The van der Waals surface area contributed by atoms with Crippen molar-refractivity contribution in [1.29, 1.82) is 0 Å². The smallest absolute Gasteiger partial charge is 0.409 e. The van der Waals surface area contributed by atoms with Gasteiger partial charge < -0.3 is 9.64 Å². The number of carbonyl (C=O) groups excluding carboxylic acids is 1. The summed E-state index contributed by atoms with van der Waals surface area (Å²) in [4.78, 5) is 18.0. The first kappa shape index (κ1) is 12.6. The Balaban J connectivity index is 2.22. The van der Waals surface area contributed by atoms with Crippen LogP contribution in [0.3, 0.4) is 0 Å². The number of amides is 1. The number of hydrogen-bond acceptors (Lipinski definition) is 4. The van der Waals surface area contributed by atoms with Crippen LogP contribution in [-0.4, -0.2) is 61.8 Å². The normalized spacial score (nSPS) is 16.7. The lowest BCUT2D eigenvalue weighted by Crippen LogP contribution is -2.49. The molecule has 1 amide bonds. The SMILES string of the molecule is CCOC(=O)N1CCN(CCN=[N+]=[N-])CC1. The molecule has 0 unspecified atom stereocenters. The summed E-state index contributed by atoms with van der Waals surface area (Å²) in [6, 6.07) is 0. The van der Waals surface area contributed by atoms with Crippen LogP contribution in [0.2, 0.25) is 0 Å². The Hall–Kier alpha value is -1.46. The van der Waals surface area contributed by atoms with Crippen LogP contribution in [0.15, 0.2) is 5.11 Å². The van der Waals surface area contributed by atoms with Crippen LogP contribution < -0.4 is 0 Å². The maximum atomic E-state index is 11.4. The second-order valence-electron chi connectivity index (χ2n) is 3.48. The predicted octanol–water partition coefficient (Wildman–Crippen LogP) is 1.07. The molecular formula is C9H17N5O2. The van der Waals surface area contributed by atoms with Gasteiger partial charge >= 0.3 is 6.09 Å². The van der Waals surface area contributed by atoms with E-state index >= 15 is 0 Å². The fourth-order valence-electron chi connectivity index (χ4n) is 1.60. The van der Waals surface area contributed by atoms with Gasteiger partial charge in [-0.25, -0.2) is 4.79 Å². The third-order valence-electron chi connectivity index (χ3n) is 2.48. The van der Waals surface area contributed by atoms with Crippen LogP contribution in [0.25, 0.3) is 10.4 Å². The van der Waals surface area contributed by atoms with E-state index in [1.54, 1.807) is 11.8 Å². The van der Waals surface area contributed by atoms with E-state index in [1.807, 2.05) is 0 Å². The highest BCUT2D eigenvalue weighted by Gasteiger charge is 2.21. The molecule has 1 fully saturated rings. The molecule has 1 heterocycles. The van der Waals surface area contributed by atoms with Crippen LogP contribution in [0.5, 0.6) is 0 Å². The number of azide groups is 1. The Morgan fingerprint density at radius 3 is 2.69 bits per heavy atom. The zero-order chi connectivity index (χ0) is 11.8. The summed E-state index contributed by atoms with van der Waals surface area (Å²) >= 11 is 0. The van der Waals surface area contributed by atoms with Crippen LogP contribution in [-0.2, 0) is 4.74 Å². The van der Waals surface area contributed by atoms with Crippen molar-refractivity contribution in [2.45, 2.75) is 6.92 Å². The van der Waals surface area contributed by atoms with Crippen molar-refractivity contribution >= 4 is 6.09 Å². The Bertz CT molecular complexity index is 269. The van der Waals surface area contributed by atoms with Crippen molar-refractivity contribution in [3.05, 3.63) is 10.4 Å². The van der Waals surface area contributed by atoms with Crippen molar-refractivity contribution in [3.8, 4) is 0 Å². The predicted molar refractivity (Wildman–Crippen MR) is 59.0 cm³/mol. The highest BCUT2D eigenvalue weighted by molar-refractivity contribution is 5.67. The molecule has 1 rings (SSSR count). The molecule has 0 aromatic carbocycles. The molecule has 0 aliphatic carbocycles. The maximum Gasteiger partial charge on any atom is 0.409 e. The summed E-state index contributed by atoms with van der Waals surface area (Å²) < 4.78 is 4.92. The first-order valence-electron chi connectivity index (χ1n) is 5.43. The molecule has 0 radical (unpaired) electrons. The fourth-order valence-corrected chi connectivity index (χ4v) is 1.60. The third-order valence-corrected chi connectivity index (χ3v) is 2.48. The molecular weight excluding hydrogens is 210 g/mol. The molecule has 1 aliphatic heterocycles. The molecule has 0 aromatic rings. The van der Waals surface area contributed by atoms with E-state index in [9.17, 15) is 4.79 Å². The van der Waals surface area contributed by atoms with Gasteiger partial charge in [-0.05, 0) is 12.5 Å². The van der Waals surface area contributed by atoms with Crippen molar-refractivity contribution in [2.75, 3.05) is 45.9 Å². The van der Waals surface area contributed by atoms with Gasteiger partial charge in [0.1, 0.15) is 0 Å². The minimum atomic E-state index is -0.239. The van der Waals surface area contributed by atoms with Gasteiger partial charge in [0.25, 0.3) is 0 Å². The molecule has 16 heavy (non-hydrogen) atoms. The van der Waals surface area contributed by atoms with Crippen LogP contribution in [0.4, 0.5) is 4.79 Å². The largest absolute Gasteiger partial charge is 0.450 e. The van der Waals surface area contributed by atoms with Crippen LogP contribution in [0.1, 0.15) is 6.92 Å². The van der Waals surface area contributed by atoms with Gasteiger partial charge in [0.15, 0.2) is 0 Å². The fraction of sp³-hybridized carbons (Fsp3) is 0.889. The average molecular weight is 227 g/mol. The standard InChI is InChI=1S/C9H17N5O2/c1-2-16-9(15)14-7-5-13(6-8-14)4-3-11-12-10/h2-8H2,1H3. The van der Waals surface area contributed by atoms with Gasteiger partial charge in [0, 0.05) is 44.2 Å². The Labute approximate surface area is 94.6 Å². The van der Waals surface area contributed by atoms with Gasteiger partial charge in [-0.3, -0.25) is 4.90 Å². The lowest BCUT2D eigenvalue weighted by Gasteiger charge is -2.33. The number of hydrogen-bond donors (Lipinski definition) is 0. The number of ether oxygens (including phenoxy) is 1. The molecule has 0 N–H and O–H groups in total. The van der Waals surface area contributed by atoms with Crippen molar-refractivity contribution in [3.63, 3.8) is 0 Å². The van der Waals surface area contributed by atoms with E-state index in [0.717, 1.165) is 19.6 Å². The van der Waals surface area contributed by atoms with Crippen molar-refractivity contribution < 1.29 is 9.53 Å². The molecule has 7 nitrogen and oxygen atoms in total. The van der Waals surface area contributed by atoms with Gasteiger partial charge in [-0.2, -0.15) is 0 Å². The van der Waals surface area contributed by atoms with Gasteiger partial charge in [0.2, 0.25) is 0 Å². The first-order valence-corrected chi connectivity index (χ1v) is 5.43. The minimum absolute atomic E-state index is 0.239. The highest BCUT2D eigenvalue weighted by Crippen LogP contribution is 2.03. The van der Waals surface area contributed by atoms with Crippen LogP contribution >= 0.6 is 0 Å². The number of rotatable bonds is 4. The molecule has 1 aliphatic rings. The molecule has 0 bridgehead atoms. The lowest BCUT2D eigenvalue weighted by molar-refractivity contribution is 0.0805. The average Bonchev–Trinajstić information content (AvgIpc) is 2.30. The van der Waals surface area contributed by atoms with E-state index in [0.29, 0.717) is 26.2 Å². The summed E-state index contributed by atoms with van der Waals surface area (Å²) in [6.45, 7) is 6.41.